The predicted octanol–water partition coefficient (Wildman–Crippen LogP) is 1.62. The monoisotopic (exact) mass is 236 g/mol. The highest BCUT2D eigenvalue weighted by atomic mass is 16.1. The van der Waals surface area contributed by atoms with Gasteiger partial charge in [0.1, 0.15) is 5.69 Å². The van der Waals surface area contributed by atoms with E-state index in [1.807, 2.05) is 6.92 Å². The van der Waals surface area contributed by atoms with Gasteiger partial charge in [0.05, 0.1) is 17.4 Å². The molecule has 0 unspecified atom stereocenters. The van der Waals surface area contributed by atoms with Crippen LogP contribution in [0.1, 0.15) is 54.8 Å². The highest BCUT2D eigenvalue weighted by Gasteiger charge is 2.26. The Morgan fingerprint density at radius 1 is 1.35 bits per heavy atom. The van der Waals surface area contributed by atoms with Crippen LogP contribution in [0.5, 0.6) is 0 Å². The highest BCUT2D eigenvalue weighted by molar-refractivity contribution is 5.96. The fraction of sp³-hybridized carbons (Fsp3) is 0.667. The Morgan fingerprint density at radius 3 is 2.47 bits per heavy atom. The molecule has 1 heterocycles. The Balaban J connectivity index is 2.32. The fourth-order valence-electron chi connectivity index (χ4n) is 2.56. The van der Waals surface area contributed by atoms with E-state index in [1.54, 1.807) is 4.68 Å². The Morgan fingerprint density at radius 2 is 1.94 bits per heavy atom. The molecule has 0 atom stereocenters. The summed E-state index contributed by atoms with van der Waals surface area (Å²) in [6, 6.07) is 0.268. The average molecular weight is 236 g/mol. The van der Waals surface area contributed by atoms with E-state index in [2.05, 4.69) is 12.0 Å². The predicted molar refractivity (Wildman–Crippen MR) is 66.6 cm³/mol. The first-order chi connectivity index (χ1) is 8.00. The molecule has 5 nitrogen and oxygen atoms in total. The van der Waals surface area contributed by atoms with Crippen molar-refractivity contribution >= 4 is 11.6 Å². The molecule has 0 aromatic carbocycles. The molecular weight excluding hydrogens is 216 g/mol. The molecule has 5 heteroatoms. The summed E-state index contributed by atoms with van der Waals surface area (Å²) in [4.78, 5) is 11.4. The van der Waals surface area contributed by atoms with Gasteiger partial charge in [0.15, 0.2) is 0 Å². The number of amides is 1. The summed E-state index contributed by atoms with van der Waals surface area (Å²) in [5, 5.41) is 4.37. The van der Waals surface area contributed by atoms with E-state index < -0.39 is 5.91 Å². The van der Waals surface area contributed by atoms with Gasteiger partial charge in [0.2, 0.25) is 0 Å². The normalized spacial score (nSPS) is 24.8. The molecule has 0 spiro atoms. The largest absolute Gasteiger partial charge is 0.395 e. The van der Waals surface area contributed by atoms with Gasteiger partial charge in [-0.3, -0.25) is 9.48 Å². The number of aromatic nitrogens is 2. The van der Waals surface area contributed by atoms with E-state index in [4.69, 9.17) is 11.5 Å². The summed E-state index contributed by atoms with van der Waals surface area (Å²) in [6.45, 7) is 4.07. The zero-order valence-corrected chi connectivity index (χ0v) is 10.4. The number of nitrogens with zero attached hydrogens (tertiary/aromatic N) is 2. The van der Waals surface area contributed by atoms with Crippen LogP contribution < -0.4 is 11.5 Å². The number of nitrogen functional groups attached to an aromatic ring is 1. The number of carbonyl (C=O) groups excluding carboxylic acids is 1. The molecule has 0 saturated heterocycles. The number of primary amides is 1. The van der Waals surface area contributed by atoms with Gasteiger partial charge in [0, 0.05) is 0 Å². The molecular formula is C12H20N4O. The van der Waals surface area contributed by atoms with Gasteiger partial charge in [-0.1, -0.05) is 6.92 Å². The van der Waals surface area contributed by atoms with Crippen molar-refractivity contribution < 1.29 is 4.79 Å². The van der Waals surface area contributed by atoms with Crippen molar-refractivity contribution in [3.63, 3.8) is 0 Å². The van der Waals surface area contributed by atoms with Gasteiger partial charge >= 0.3 is 0 Å². The first-order valence-electron chi connectivity index (χ1n) is 6.15. The smallest absolute Gasteiger partial charge is 0.269 e. The van der Waals surface area contributed by atoms with Crippen LogP contribution in [0.4, 0.5) is 5.69 Å². The standard InChI is InChI=1S/C12H20N4O/c1-7-3-5-9(6-4-7)16-11(12(14)17)10(13)8(2)15-16/h7,9H,3-6,13H2,1-2H3,(H2,14,17). The molecule has 1 aliphatic rings. The van der Waals surface area contributed by atoms with Gasteiger partial charge in [-0.05, 0) is 38.5 Å². The second-order valence-electron chi connectivity index (χ2n) is 5.07. The van der Waals surface area contributed by atoms with Crippen molar-refractivity contribution in [3.8, 4) is 0 Å². The molecule has 0 bridgehead atoms. The highest BCUT2D eigenvalue weighted by Crippen LogP contribution is 2.33. The molecule has 1 fully saturated rings. The van der Waals surface area contributed by atoms with Crippen molar-refractivity contribution in [3.05, 3.63) is 11.4 Å². The van der Waals surface area contributed by atoms with Crippen molar-refractivity contribution in [2.24, 2.45) is 11.7 Å². The molecule has 17 heavy (non-hydrogen) atoms. The van der Waals surface area contributed by atoms with Crippen LogP contribution in [0.25, 0.3) is 0 Å². The summed E-state index contributed by atoms with van der Waals surface area (Å²) >= 11 is 0. The van der Waals surface area contributed by atoms with Crippen molar-refractivity contribution in [1.82, 2.24) is 9.78 Å². The zero-order chi connectivity index (χ0) is 12.6. The summed E-state index contributed by atoms with van der Waals surface area (Å²) in [5.74, 6) is 0.277. The molecule has 1 aliphatic carbocycles. The first kappa shape index (κ1) is 12.0. The molecule has 0 aliphatic heterocycles. The Labute approximate surface area is 101 Å². The van der Waals surface area contributed by atoms with E-state index in [-0.39, 0.29) is 6.04 Å². The first-order valence-corrected chi connectivity index (χ1v) is 6.15. The minimum atomic E-state index is -0.485. The van der Waals surface area contributed by atoms with Crippen molar-refractivity contribution in [1.29, 1.82) is 0 Å². The molecule has 1 saturated carbocycles. The number of hydrogen-bond donors (Lipinski definition) is 2. The average Bonchev–Trinajstić information content (AvgIpc) is 2.56. The van der Waals surface area contributed by atoms with Crippen LogP contribution in [0.15, 0.2) is 0 Å². The fourth-order valence-corrected chi connectivity index (χ4v) is 2.56. The minimum absolute atomic E-state index is 0.268. The van der Waals surface area contributed by atoms with Crippen LogP contribution >= 0.6 is 0 Å². The lowest BCUT2D eigenvalue weighted by atomic mass is 9.87. The molecule has 0 radical (unpaired) electrons. The van der Waals surface area contributed by atoms with E-state index in [1.165, 1.54) is 12.8 Å². The van der Waals surface area contributed by atoms with Gasteiger partial charge < -0.3 is 11.5 Å². The van der Waals surface area contributed by atoms with Gasteiger partial charge in [-0.2, -0.15) is 5.10 Å². The number of anilines is 1. The summed E-state index contributed by atoms with van der Waals surface area (Å²) in [5.41, 5.74) is 12.7. The third-order valence-corrected chi connectivity index (χ3v) is 3.70. The Hall–Kier alpha value is -1.52. The van der Waals surface area contributed by atoms with Gasteiger partial charge in [0.25, 0.3) is 5.91 Å². The summed E-state index contributed by atoms with van der Waals surface area (Å²) < 4.78 is 1.75. The number of carbonyl (C=O) groups is 1. The number of aryl methyl sites for hydroxylation is 1. The van der Waals surface area contributed by atoms with Crippen LogP contribution in [0.2, 0.25) is 0 Å². The Bertz CT molecular complexity index is 430. The maximum atomic E-state index is 11.4. The van der Waals surface area contributed by atoms with Crippen molar-refractivity contribution in [2.45, 2.75) is 45.6 Å². The number of rotatable bonds is 2. The number of nitrogens with two attached hydrogens (primary N) is 2. The van der Waals surface area contributed by atoms with E-state index in [0.29, 0.717) is 17.1 Å². The van der Waals surface area contributed by atoms with E-state index in [0.717, 1.165) is 18.8 Å². The molecule has 1 aromatic heterocycles. The second kappa shape index (κ2) is 4.39. The van der Waals surface area contributed by atoms with Gasteiger partial charge in [-0.25, -0.2) is 0 Å². The lowest BCUT2D eigenvalue weighted by molar-refractivity contribution is 0.0985. The minimum Gasteiger partial charge on any atom is -0.395 e. The molecule has 94 valence electrons. The third-order valence-electron chi connectivity index (χ3n) is 3.70. The van der Waals surface area contributed by atoms with E-state index in [9.17, 15) is 4.79 Å². The lowest BCUT2D eigenvalue weighted by Gasteiger charge is -2.27. The van der Waals surface area contributed by atoms with Crippen molar-refractivity contribution in [2.75, 3.05) is 5.73 Å². The van der Waals surface area contributed by atoms with Crippen LogP contribution in [-0.4, -0.2) is 15.7 Å². The molecule has 4 N–H and O–H groups in total. The molecule has 2 rings (SSSR count). The zero-order valence-electron chi connectivity index (χ0n) is 10.4. The van der Waals surface area contributed by atoms with Crippen LogP contribution in [0, 0.1) is 12.8 Å². The van der Waals surface area contributed by atoms with Gasteiger partial charge in [-0.15, -0.1) is 0 Å². The topological polar surface area (TPSA) is 86.9 Å². The molecule has 1 amide bonds. The summed E-state index contributed by atoms with van der Waals surface area (Å²) in [6.07, 6.45) is 4.42. The maximum Gasteiger partial charge on any atom is 0.269 e. The third kappa shape index (κ3) is 2.14. The lowest BCUT2D eigenvalue weighted by Crippen LogP contribution is -2.25. The SMILES string of the molecule is Cc1nn(C2CCC(C)CC2)c(C(N)=O)c1N. The quantitative estimate of drug-likeness (QED) is 0.818. The second-order valence-corrected chi connectivity index (χ2v) is 5.07. The van der Waals surface area contributed by atoms with E-state index >= 15 is 0 Å². The Kier molecular flexibility index (Phi) is 3.09. The van der Waals surface area contributed by atoms with Crippen LogP contribution in [0.3, 0.4) is 0 Å². The van der Waals surface area contributed by atoms with Crippen LogP contribution in [-0.2, 0) is 0 Å². The summed E-state index contributed by atoms with van der Waals surface area (Å²) in [7, 11) is 0. The maximum absolute atomic E-state index is 11.4. The molecule has 1 aromatic rings. The number of hydrogen-bond acceptors (Lipinski definition) is 3.